The molecule has 1 saturated heterocycles. The third kappa shape index (κ3) is 3.46. The van der Waals surface area contributed by atoms with Gasteiger partial charge in [-0.1, -0.05) is 0 Å². The fraction of sp³-hybridized carbons (Fsp3) is 0.370. The summed E-state index contributed by atoms with van der Waals surface area (Å²) < 4.78 is 9.65. The van der Waals surface area contributed by atoms with Crippen molar-refractivity contribution in [2.45, 2.75) is 31.7 Å². The van der Waals surface area contributed by atoms with E-state index in [2.05, 4.69) is 65.3 Å². The number of pyridine rings is 1. The number of morpholine rings is 1. The molecule has 8 rings (SSSR count). The summed E-state index contributed by atoms with van der Waals surface area (Å²) in [6, 6.07) is 6.38. The second-order valence-electron chi connectivity index (χ2n) is 10.5. The number of aryl methyl sites for hydroxylation is 1. The van der Waals surface area contributed by atoms with Crippen LogP contribution in [0.5, 0.6) is 0 Å². The van der Waals surface area contributed by atoms with E-state index >= 15 is 0 Å². The molecule has 1 N–H and O–H groups in total. The number of benzene rings is 1. The van der Waals surface area contributed by atoms with Crippen LogP contribution in [-0.2, 0) is 10.3 Å². The molecule has 36 heavy (non-hydrogen) atoms. The van der Waals surface area contributed by atoms with Gasteiger partial charge in [0.15, 0.2) is 5.65 Å². The first kappa shape index (κ1) is 22.0. The van der Waals surface area contributed by atoms with Crippen molar-refractivity contribution < 1.29 is 9.53 Å². The number of fused-ring (bicyclic) bond motifs is 1. The van der Waals surface area contributed by atoms with Crippen LogP contribution in [0.2, 0.25) is 0 Å². The lowest BCUT2D eigenvalue weighted by Gasteiger charge is -2.61. The summed E-state index contributed by atoms with van der Waals surface area (Å²) in [4.78, 5) is 20.1. The Morgan fingerprint density at radius 1 is 1.17 bits per heavy atom. The molecule has 2 bridgehead atoms. The smallest absolute Gasteiger partial charge is 0.258 e. The van der Waals surface area contributed by atoms with Crippen molar-refractivity contribution in [3.63, 3.8) is 0 Å². The summed E-state index contributed by atoms with van der Waals surface area (Å²) in [5, 5.41) is 8.60. The van der Waals surface area contributed by atoms with Gasteiger partial charge in [-0.3, -0.25) is 9.48 Å². The number of anilines is 2. The Labute approximate surface area is 211 Å². The highest BCUT2D eigenvalue weighted by atomic mass is 31.0. The van der Waals surface area contributed by atoms with Gasteiger partial charge in [-0.2, -0.15) is 5.10 Å². The summed E-state index contributed by atoms with van der Waals surface area (Å²) in [7, 11) is 2.76. The van der Waals surface area contributed by atoms with Gasteiger partial charge in [-0.25, -0.2) is 4.98 Å². The number of amides is 1. The van der Waals surface area contributed by atoms with Gasteiger partial charge < -0.3 is 19.4 Å². The van der Waals surface area contributed by atoms with E-state index in [0.717, 1.165) is 58.0 Å². The van der Waals surface area contributed by atoms with Crippen LogP contribution in [-0.4, -0.2) is 51.4 Å². The zero-order chi connectivity index (χ0) is 24.4. The number of hydrogen-bond acceptors (Lipinski definition) is 5. The number of carbonyl (C=O) groups excluding carboxylic acids is 1. The number of rotatable bonds is 5. The molecule has 4 heterocycles. The van der Waals surface area contributed by atoms with Crippen molar-refractivity contribution in [1.82, 2.24) is 19.2 Å². The summed E-state index contributed by atoms with van der Waals surface area (Å²) >= 11 is 0. The molecular formula is C27H29N6O2P. The van der Waals surface area contributed by atoms with Crippen molar-refractivity contribution in [1.29, 1.82) is 0 Å². The number of imidazole rings is 1. The predicted molar refractivity (Wildman–Crippen MR) is 143 cm³/mol. The largest absolute Gasteiger partial charge is 0.378 e. The summed E-state index contributed by atoms with van der Waals surface area (Å²) in [6.45, 7) is 5.21. The fourth-order valence-electron chi connectivity index (χ4n) is 5.96. The van der Waals surface area contributed by atoms with Crippen LogP contribution in [0.15, 0.2) is 49.2 Å². The average molecular weight is 501 g/mol. The number of carbonyl (C=O) groups is 1. The Balaban J connectivity index is 1.21. The van der Waals surface area contributed by atoms with Gasteiger partial charge in [-0.05, 0) is 66.7 Å². The van der Waals surface area contributed by atoms with Gasteiger partial charge >= 0.3 is 0 Å². The van der Waals surface area contributed by atoms with Gasteiger partial charge in [0, 0.05) is 49.1 Å². The maximum Gasteiger partial charge on any atom is 0.258 e. The van der Waals surface area contributed by atoms with Gasteiger partial charge in [0.05, 0.1) is 36.2 Å². The van der Waals surface area contributed by atoms with Crippen LogP contribution in [0.1, 0.15) is 35.2 Å². The van der Waals surface area contributed by atoms with Crippen LogP contribution in [0, 0.1) is 12.8 Å². The minimum atomic E-state index is -0.134. The normalized spacial score (nSPS) is 22.8. The molecule has 1 unspecified atom stereocenters. The molecule has 3 aliphatic carbocycles. The van der Waals surface area contributed by atoms with E-state index in [-0.39, 0.29) is 11.4 Å². The van der Waals surface area contributed by atoms with E-state index < -0.39 is 0 Å². The molecule has 0 radical (unpaired) electrons. The predicted octanol–water partition coefficient (Wildman–Crippen LogP) is 3.60. The van der Waals surface area contributed by atoms with Crippen molar-refractivity contribution in [2.75, 3.05) is 36.5 Å². The highest BCUT2D eigenvalue weighted by Gasteiger charge is 2.58. The summed E-state index contributed by atoms with van der Waals surface area (Å²) in [5.74, 6) is 0.729. The molecule has 4 fully saturated rings. The first-order chi connectivity index (χ1) is 17.5. The lowest BCUT2D eigenvalue weighted by atomic mass is 9.50. The maximum atomic E-state index is 13.2. The van der Waals surface area contributed by atoms with Crippen LogP contribution < -0.4 is 15.5 Å². The molecule has 4 aliphatic rings. The molecule has 1 atom stereocenters. The van der Waals surface area contributed by atoms with Crippen LogP contribution in [0.4, 0.5) is 11.4 Å². The molecule has 1 amide bonds. The SMILES string of the molecule is Cc1cc(P)c(NC(=O)c2cnn(C34CC(C3)C4)c2)cc1-c1cc(N2CCOCC2)c2nccn2c1. The van der Waals surface area contributed by atoms with E-state index in [1.54, 1.807) is 6.20 Å². The standard InChI is InChI=1S/C27H29N6O2P/c1-17-8-24(36)22(30-26(34)20-14-29-33(16-20)27-11-18(12-27)13-27)10-21(17)19-9-23(31-4-6-35-7-5-31)25-28-2-3-32(25)15-19/h2-3,8-10,14-16,18H,4-7,11-13,36H2,1H3,(H,30,34). The van der Waals surface area contributed by atoms with Crippen LogP contribution >= 0.6 is 9.24 Å². The van der Waals surface area contributed by atoms with E-state index in [4.69, 9.17) is 4.74 Å². The Morgan fingerprint density at radius 2 is 1.97 bits per heavy atom. The fourth-order valence-corrected chi connectivity index (χ4v) is 6.36. The topological polar surface area (TPSA) is 76.7 Å². The van der Waals surface area contributed by atoms with E-state index in [1.165, 1.54) is 19.3 Å². The molecule has 9 heteroatoms. The number of ether oxygens (including phenoxy) is 1. The molecule has 1 aliphatic heterocycles. The maximum absolute atomic E-state index is 13.2. The second-order valence-corrected chi connectivity index (χ2v) is 11.1. The number of nitrogens with one attached hydrogen (secondary N) is 1. The van der Waals surface area contributed by atoms with Crippen molar-refractivity contribution in [3.8, 4) is 11.1 Å². The van der Waals surface area contributed by atoms with Crippen molar-refractivity contribution in [3.05, 3.63) is 60.3 Å². The van der Waals surface area contributed by atoms with E-state index in [1.807, 2.05) is 23.3 Å². The minimum absolute atomic E-state index is 0.134. The van der Waals surface area contributed by atoms with Gasteiger partial charge in [-0.15, -0.1) is 9.24 Å². The third-order valence-electron chi connectivity index (χ3n) is 8.11. The molecular weight excluding hydrogens is 471 g/mol. The summed E-state index contributed by atoms with van der Waals surface area (Å²) in [5.41, 5.74) is 6.89. The van der Waals surface area contributed by atoms with Gasteiger partial charge in [0.2, 0.25) is 0 Å². The van der Waals surface area contributed by atoms with E-state index in [0.29, 0.717) is 18.8 Å². The van der Waals surface area contributed by atoms with Gasteiger partial charge in [0.1, 0.15) is 0 Å². The first-order valence-corrected chi connectivity index (χ1v) is 13.1. The Morgan fingerprint density at radius 3 is 2.72 bits per heavy atom. The highest BCUT2D eigenvalue weighted by molar-refractivity contribution is 7.28. The van der Waals surface area contributed by atoms with Crippen LogP contribution in [0.3, 0.4) is 0 Å². The quantitative estimate of drug-likeness (QED) is 0.424. The second kappa shape index (κ2) is 8.15. The highest BCUT2D eigenvalue weighted by Crippen LogP contribution is 2.61. The first-order valence-electron chi connectivity index (χ1n) is 12.6. The number of nitrogens with zero attached hydrogens (tertiary/aromatic N) is 5. The van der Waals surface area contributed by atoms with Crippen molar-refractivity contribution >= 4 is 37.5 Å². The Hall–Kier alpha value is -3.22. The molecule has 3 aromatic heterocycles. The number of aromatic nitrogens is 4. The average Bonchev–Trinajstić information content (AvgIpc) is 3.49. The molecule has 4 aromatic rings. The molecule has 0 spiro atoms. The molecule has 1 aromatic carbocycles. The molecule has 8 nitrogen and oxygen atoms in total. The third-order valence-corrected chi connectivity index (χ3v) is 8.59. The Kier molecular flexibility index (Phi) is 4.98. The monoisotopic (exact) mass is 500 g/mol. The van der Waals surface area contributed by atoms with Gasteiger partial charge in [0.25, 0.3) is 5.91 Å². The Bertz CT molecular complexity index is 1480. The van der Waals surface area contributed by atoms with E-state index in [9.17, 15) is 4.79 Å². The zero-order valence-corrected chi connectivity index (χ0v) is 21.4. The lowest BCUT2D eigenvalue weighted by Crippen LogP contribution is -2.59. The zero-order valence-electron chi connectivity index (χ0n) is 20.3. The molecule has 184 valence electrons. The minimum Gasteiger partial charge on any atom is -0.378 e. The molecule has 3 saturated carbocycles. The lowest BCUT2D eigenvalue weighted by molar-refractivity contribution is -0.0978. The summed E-state index contributed by atoms with van der Waals surface area (Å²) in [6.07, 6.45) is 13.1. The van der Waals surface area contributed by atoms with Crippen LogP contribution in [0.25, 0.3) is 16.8 Å². The van der Waals surface area contributed by atoms with Crippen molar-refractivity contribution in [2.24, 2.45) is 5.92 Å². The number of hydrogen-bond donors (Lipinski definition) is 1.